The summed E-state index contributed by atoms with van der Waals surface area (Å²) in [4.78, 5) is 14.4. The third-order valence-electron chi connectivity index (χ3n) is 4.61. The zero-order valence-electron chi connectivity index (χ0n) is 12.5. The van der Waals surface area contributed by atoms with E-state index in [2.05, 4.69) is 10.3 Å². The summed E-state index contributed by atoms with van der Waals surface area (Å²) >= 11 is 0. The van der Waals surface area contributed by atoms with E-state index in [9.17, 15) is 23.1 Å². The Kier molecular flexibility index (Phi) is 3.63. The predicted molar refractivity (Wildman–Crippen MR) is 79.2 cm³/mol. The Morgan fingerprint density at radius 3 is 2.74 bits per heavy atom. The lowest BCUT2D eigenvalue weighted by Gasteiger charge is -2.36. The van der Waals surface area contributed by atoms with Crippen LogP contribution >= 0.6 is 0 Å². The summed E-state index contributed by atoms with van der Waals surface area (Å²) in [6.45, 7) is 2.41. The first kappa shape index (κ1) is 15.9. The molecule has 1 aromatic carbocycles. The normalized spacial score (nSPS) is 21.4. The minimum Gasteiger partial charge on any atom is -0.481 e. The lowest BCUT2D eigenvalue weighted by Crippen LogP contribution is -2.48. The van der Waals surface area contributed by atoms with E-state index < -0.39 is 23.2 Å². The van der Waals surface area contributed by atoms with Gasteiger partial charge in [0.25, 0.3) is 0 Å². The number of carbonyl (C=O) groups is 1. The molecule has 1 unspecified atom stereocenters. The summed E-state index contributed by atoms with van der Waals surface area (Å²) in [5, 5.41) is 13.0. The minimum atomic E-state index is -4.39. The molecule has 1 aliphatic heterocycles. The number of hydrogen-bond acceptors (Lipinski definition) is 2. The number of carboxylic acids is 1. The van der Waals surface area contributed by atoms with E-state index in [1.165, 1.54) is 6.07 Å². The van der Waals surface area contributed by atoms with Gasteiger partial charge in [0, 0.05) is 23.1 Å². The molecule has 0 fully saturated rings. The van der Waals surface area contributed by atoms with Crippen LogP contribution in [0, 0.1) is 0 Å². The van der Waals surface area contributed by atoms with Crippen LogP contribution in [-0.4, -0.2) is 22.6 Å². The Morgan fingerprint density at radius 1 is 1.39 bits per heavy atom. The third kappa shape index (κ3) is 2.59. The van der Waals surface area contributed by atoms with Gasteiger partial charge in [-0.15, -0.1) is 0 Å². The van der Waals surface area contributed by atoms with Crippen molar-refractivity contribution in [2.24, 2.45) is 0 Å². The molecule has 1 aliphatic rings. The van der Waals surface area contributed by atoms with Crippen LogP contribution in [0.2, 0.25) is 0 Å². The first-order valence-corrected chi connectivity index (χ1v) is 7.46. The molecule has 124 valence electrons. The molecule has 1 aromatic heterocycles. The number of halogens is 3. The van der Waals surface area contributed by atoms with Gasteiger partial charge >= 0.3 is 12.1 Å². The average Bonchev–Trinajstić information content (AvgIpc) is 2.85. The molecular formula is C16H17F3N2O2. The van der Waals surface area contributed by atoms with Crippen molar-refractivity contribution in [1.82, 2.24) is 10.3 Å². The molecular weight excluding hydrogens is 309 g/mol. The molecule has 1 atom stereocenters. The smallest absolute Gasteiger partial charge is 0.416 e. The molecule has 3 rings (SSSR count). The molecule has 0 saturated heterocycles. The number of H-pyrrole nitrogens is 1. The maximum atomic E-state index is 12.9. The Balaban J connectivity index is 2.20. The lowest BCUT2D eigenvalue weighted by molar-refractivity contribution is -0.139. The number of rotatable bonds is 3. The van der Waals surface area contributed by atoms with E-state index in [1.54, 1.807) is 0 Å². The van der Waals surface area contributed by atoms with E-state index >= 15 is 0 Å². The van der Waals surface area contributed by atoms with Crippen LogP contribution < -0.4 is 5.32 Å². The summed E-state index contributed by atoms with van der Waals surface area (Å²) in [7, 11) is 0. The molecule has 0 amide bonds. The number of fused-ring (bicyclic) bond motifs is 3. The van der Waals surface area contributed by atoms with Gasteiger partial charge in [0.1, 0.15) is 0 Å². The molecule has 3 N–H and O–H groups in total. The fourth-order valence-electron chi connectivity index (χ4n) is 3.44. The second kappa shape index (κ2) is 5.26. The number of aliphatic carboxylic acids is 1. The van der Waals surface area contributed by atoms with Gasteiger partial charge in [0.15, 0.2) is 0 Å². The quantitative estimate of drug-likeness (QED) is 0.810. The minimum absolute atomic E-state index is 0.116. The van der Waals surface area contributed by atoms with Crippen LogP contribution in [0.3, 0.4) is 0 Å². The molecule has 0 spiro atoms. The number of benzene rings is 1. The third-order valence-corrected chi connectivity index (χ3v) is 4.61. The highest BCUT2D eigenvalue weighted by Crippen LogP contribution is 2.40. The zero-order valence-corrected chi connectivity index (χ0v) is 12.5. The number of carboxylic acid groups (broad SMARTS) is 1. The van der Waals surface area contributed by atoms with Crippen molar-refractivity contribution in [1.29, 1.82) is 0 Å². The van der Waals surface area contributed by atoms with E-state index in [1.807, 2.05) is 6.92 Å². The van der Waals surface area contributed by atoms with Crippen LogP contribution in [0.5, 0.6) is 0 Å². The van der Waals surface area contributed by atoms with Gasteiger partial charge < -0.3 is 15.4 Å². The molecule has 0 aliphatic carbocycles. The maximum absolute atomic E-state index is 12.9. The topological polar surface area (TPSA) is 65.1 Å². The largest absolute Gasteiger partial charge is 0.481 e. The Bertz CT molecular complexity index is 767. The van der Waals surface area contributed by atoms with Gasteiger partial charge in [-0.3, -0.25) is 4.79 Å². The van der Waals surface area contributed by atoms with Crippen molar-refractivity contribution in [3.63, 3.8) is 0 Å². The van der Waals surface area contributed by atoms with Crippen molar-refractivity contribution in [2.45, 2.75) is 37.9 Å². The first-order valence-electron chi connectivity index (χ1n) is 7.46. The fraction of sp³-hybridized carbons (Fsp3) is 0.438. The Hall–Kier alpha value is -2.02. The van der Waals surface area contributed by atoms with E-state index in [0.717, 1.165) is 17.7 Å². The van der Waals surface area contributed by atoms with Gasteiger partial charge in [-0.2, -0.15) is 13.2 Å². The second-order valence-corrected chi connectivity index (χ2v) is 5.92. The van der Waals surface area contributed by atoms with Crippen LogP contribution in [0.25, 0.3) is 10.9 Å². The van der Waals surface area contributed by atoms with Crippen molar-refractivity contribution >= 4 is 16.9 Å². The van der Waals surface area contributed by atoms with Crippen molar-refractivity contribution in [3.05, 3.63) is 35.0 Å². The van der Waals surface area contributed by atoms with Crippen molar-refractivity contribution in [2.75, 3.05) is 6.54 Å². The van der Waals surface area contributed by atoms with Gasteiger partial charge in [0.05, 0.1) is 17.5 Å². The molecule has 2 aromatic rings. The molecule has 0 bridgehead atoms. The highest BCUT2D eigenvalue weighted by atomic mass is 19.4. The van der Waals surface area contributed by atoms with E-state index in [-0.39, 0.29) is 6.42 Å². The average molecular weight is 326 g/mol. The zero-order chi connectivity index (χ0) is 16.8. The summed E-state index contributed by atoms with van der Waals surface area (Å²) in [6.07, 6.45) is -3.41. The molecule has 7 heteroatoms. The molecule has 0 radical (unpaired) electrons. The van der Waals surface area contributed by atoms with Crippen LogP contribution in [0.15, 0.2) is 18.2 Å². The summed E-state index contributed by atoms with van der Waals surface area (Å²) < 4.78 is 38.8. The fourth-order valence-corrected chi connectivity index (χ4v) is 3.44. The van der Waals surface area contributed by atoms with Crippen molar-refractivity contribution in [3.8, 4) is 0 Å². The van der Waals surface area contributed by atoms with Gasteiger partial charge in [-0.05, 0) is 36.6 Å². The van der Waals surface area contributed by atoms with Crippen molar-refractivity contribution < 1.29 is 23.1 Å². The molecule has 2 heterocycles. The van der Waals surface area contributed by atoms with Gasteiger partial charge in [-0.25, -0.2) is 0 Å². The summed E-state index contributed by atoms with van der Waals surface area (Å²) in [5.41, 5.74) is 0.633. The number of alkyl halides is 3. The SMILES string of the molecule is CCC1(CC(=O)O)NCCc2c1[nH]c1ccc(C(F)(F)F)cc21. The number of hydrogen-bond donors (Lipinski definition) is 3. The van der Waals surface area contributed by atoms with Crippen LogP contribution in [0.1, 0.15) is 36.6 Å². The summed E-state index contributed by atoms with van der Waals surface area (Å²) in [5.74, 6) is -0.943. The number of aromatic nitrogens is 1. The Labute approximate surface area is 130 Å². The Morgan fingerprint density at radius 2 is 2.13 bits per heavy atom. The highest BCUT2D eigenvalue weighted by Gasteiger charge is 2.39. The standard InChI is InChI=1S/C16H17F3N2O2/c1-2-15(8-13(22)23)14-10(5-6-20-15)11-7-9(16(17,18)19)3-4-12(11)21-14/h3-4,7,20-21H,2,5-6,8H2,1H3,(H,22,23). The summed E-state index contributed by atoms with van der Waals surface area (Å²) in [6, 6.07) is 3.61. The van der Waals surface area contributed by atoms with Crippen LogP contribution in [-0.2, 0) is 22.9 Å². The monoisotopic (exact) mass is 326 g/mol. The maximum Gasteiger partial charge on any atom is 0.416 e. The number of nitrogens with one attached hydrogen (secondary N) is 2. The van der Waals surface area contributed by atoms with E-state index in [4.69, 9.17) is 0 Å². The molecule has 4 nitrogen and oxygen atoms in total. The molecule has 23 heavy (non-hydrogen) atoms. The van der Waals surface area contributed by atoms with E-state index in [0.29, 0.717) is 36.0 Å². The van der Waals surface area contributed by atoms with Crippen LogP contribution in [0.4, 0.5) is 13.2 Å². The molecule has 0 saturated carbocycles. The number of aromatic amines is 1. The van der Waals surface area contributed by atoms with Gasteiger partial charge in [-0.1, -0.05) is 6.92 Å². The lowest BCUT2D eigenvalue weighted by atomic mass is 9.82. The second-order valence-electron chi connectivity index (χ2n) is 5.92. The van der Waals surface area contributed by atoms with Gasteiger partial charge in [0.2, 0.25) is 0 Å². The highest BCUT2D eigenvalue weighted by molar-refractivity contribution is 5.86. The predicted octanol–water partition coefficient (Wildman–Crippen LogP) is 3.41. The first-order chi connectivity index (χ1) is 10.8.